The second kappa shape index (κ2) is 6.57. The highest BCUT2D eigenvalue weighted by molar-refractivity contribution is 5.90. The Bertz CT molecular complexity index is 777. The number of nitrogens with zero attached hydrogens (tertiary/aromatic N) is 2. The van der Waals surface area contributed by atoms with Crippen LogP contribution in [-0.2, 0) is 13.1 Å². The summed E-state index contributed by atoms with van der Waals surface area (Å²) < 4.78 is 24.3. The molecule has 0 unspecified atom stereocenters. The molecule has 24 heavy (non-hydrogen) atoms. The van der Waals surface area contributed by atoms with Gasteiger partial charge >= 0.3 is 6.03 Å². The lowest BCUT2D eigenvalue weighted by atomic mass is 10.2. The van der Waals surface area contributed by atoms with Crippen LogP contribution in [0.25, 0.3) is 0 Å². The molecule has 1 aliphatic heterocycles. The fourth-order valence-electron chi connectivity index (χ4n) is 2.32. The van der Waals surface area contributed by atoms with E-state index in [0.29, 0.717) is 17.9 Å². The molecule has 1 aromatic carbocycles. The number of fused-ring (bicyclic) bond motifs is 1. The first-order valence-corrected chi connectivity index (χ1v) is 7.23. The minimum atomic E-state index is -0.715. The molecular formula is C15H15FN4O4. The molecule has 0 atom stereocenters. The Labute approximate surface area is 136 Å². The molecule has 126 valence electrons. The van der Waals surface area contributed by atoms with Gasteiger partial charge in [-0.15, -0.1) is 0 Å². The molecule has 0 saturated carbocycles. The number of hydrogen-bond acceptors (Lipinski definition) is 5. The van der Waals surface area contributed by atoms with Gasteiger partial charge in [-0.1, -0.05) is 11.2 Å². The third-order valence-corrected chi connectivity index (χ3v) is 3.56. The molecule has 1 aliphatic rings. The first-order valence-electron chi connectivity index (χ1n) is 7.23. The molecular weight excluding hydrogens is 319 g/mol. The highest BCUT2D eigenvalue weighted by atomic mass is 19.1. The highest BCUT2D eigenvalue weighted by Crippen LogP contribution is 2.25. The molecule has 0 saturated heterocycles. The number of nitrogens with one attached hydrogen (secondary N) is 1. The zero-order chi connectivity index (χ0) is 17.1. The van der Waals surface area contributed by atoms with Crippen LogP contribution in [0.3, 0.4) is 0 Å². The van der Waals surface area contributed by atoms with Gasteiger partial charge in [0, 0.05) is 11.6 Å². The first-order chi connectivity index (χ1) is 11.5. The van der Waals surface area contributed by atoms with Crippen LogP contribution in [0.1, 0.15) is 21.8 Å². The van der Waals surface area contributed by atoms with Crippen molar-refractivity contribution >= 4 is 11.9 Å². The molecule has 3 N–H and O–H groups in total. The Morgan fingerprint density at radius 1 is 1.42 bits per heavy atom. The fraction of sp³-hybridized carbons (Fsp3) is 0.267. The van der Waals surface area contributed by atoms with Gasteiger partial charge in [-0.05, 0) is 12.1 Å². The minimum Gasteiger partial charge on any atom is -0.491 e. The molecule has 3 rings (SSSR count). The van der Waals surface area contributed by atoms with Gasteiger partial charge in [0.05, 0.1) is 19.6 Å². The third kappa shape index (κ3) is 3.29. The number of carbonyl (C=O) groups is 2. The van der Waals surface area contributed by atoms with Crippen LogP contribution < -0.4 is 15.8 Å². The number of ether oxygens (including phenoxy) is 1. The van der Waals surface area contributed by atoms with E-state index in [9.17, 15) is 14.0 Å². The zero-order valence-electron chi connectivity index (χ0n) is 12.6. The fourth-order valence-corrected chi connectivity index (χ4v) is 2.32. The van der Waals surface area contributed by atoms with E-state index >= 15 is 0 Å². The number of amides is 3. The highest BCUT2D eigenvalue weighted by Gasteiger charge is 2.22. The smallest absolute Gasteiger partial charge is 0.318 e. The van der Waals surface area contributed by atoms with Crippen LogP contribution in [-0.4, -0.2) is 35.1 Å². The van der Waals surface area contributed by atoms with Crippen LogP contribution in [0.15, 0.2) is 28.8 Å². The quantitative estimate of drug-likeness (QED) is 0.870. The van der Waals surface area contributed by atoms with Crippen molar-refractivity contribution in [1.29, 1.82) is 0 Å². The van der Waals surface area contributed by atoms with Crippen LogP contribution in [0.2, 0.25) is 0 Å². The van der Waals surface area contributed by atoms with Gasteiger partial charge in [-0.2, -0.15) is 0 Å². The van der Waals surface area contributed by atoms with Gasteiger partial charge in [0.1, 0.15) is 18.2 Å². The summed E-state index contributed by atoms with van der Waals surface area (Å²) in [5.74, 6) is -0.414. The van der Waals surface area contributed by atoms with E-state index in [1.165, 1.54) is 17.0 Å². The average molecular weight is 334 g/mol. The van der Waals surface area contributed by atoms with E-state index in [0.717, 1.165) is 0 Å². The van der Waals surface area contributed by atoms with Gasteiger partial charge in [0.15, 0.2) is 11.5 Å². The van der Waals surface area contributed by atoms with Gasteiger partial charge < -0.3 is 25.2 Å². The van der Waals surface area contributed by atoms with E-state index in [1.807, 2.05) is 0 Å². The summed E-state index contributed by atoms with van der Waals surface area (Å²) in [6.07, 6.45) is 0. The molecule has 2 aromatic rings. The standard InChI is InChI=1S/C15H15FN4O4/c16-11-2-1-3-13-10(11)8-20(4-5-23-13)15(22)18-7-9-6-12(14(17)21)19-24-9/h1-3,6H,4-5,7-8H2,(H2,17,21)(H,18,22). The predicted octanol–water partition coefficient (Wildman–Crippen LogP) is 1.02. The Kier molecular flexibility index (Phi) is 4.32. The summed E-state index contributed by atoms with van der Waals surface area (Å²) in [7, 11) is 0. The molecule has 0 bridgehead atoms. The molecule has 2 heterocycles. The number of urea groups is 1. The molecule has 1 aromatic heterocycles. The van der Waals surface area contributed by atoms with Crippen molar-refractivity contribution in [3.63, 3.8) is 0 Å². The molecule has 0 fully saturated rings. The van der Waals surface area contributed by atoms with Crippen molar-refractivity contribution in [3.05, 3.63) is 47.1 Å². The largest absolute Gasteiger partial charge is 0.491 e. The normalized spacial score (nSPS) is 13.6. The maximum atomic E-state index is 13.9. The Balaban J connectivity index is 1.64. The lowest BCUT2D eigenvalue weighted by molar-refractivity contribution is 0.0991. The predicted molar refractivity (Wildman–Crippen MR) is 79.6 cm³/mol. The summed E-state index contributed by atoms with van der Waals surface area (Å²) in [6, 6.07) is 5.49. The zero-order valence-corrected chi connectivity index (χ0v) is 12.6. The molecule has 0 radical (unpaired) electrons. The van der Waals surface area contributed by atoms with Crippen molar-refractivity contribution < 1.29 is 23.2 Å². The molecule has 3 amide bonds. The number of benzene rings is 1. The second-order valence-corrected chi connectivity index (χ2v) is 5.19. The van der Waals surface area contributed by atoms with E-state index in [-0.39, 0.29) is 31.2 Å². The molecule has 0 spiro atoms. The summed E-state index contributed by atoms with van der Waals surface area (Å²) in [6.45, 7) is 0.693. The van der Waals surface area contributed by atoms with Crippen molar-refractivity contribution in [3.8, 4) is 5.75 Å². The van der Waals surface area contributed by atoms with Gasteiger partial charge in [0.25, 0.3) is 5.91 Å². The minimum absolute atomic E-state index is 0.0154. The van der Waals surface area contributed by atoms with Gasteiger partial charge in [-0.25, -0.2) is 9.18 Å². The van der Waals surface area contributed by atoms with Gasteiger partial charge in [0.2, 0.25) is 0 Å². The number of hydrogen-bond donors (Lipinski definition) is 2. The van der Waals surface area contributed by atoms with Gasteiger partial charge in [-0.3, -0.25) is 4.79 Å². The number of halogens is 1. The number of primary amides is 1. The summed E-state index contributed by atoms with van der Waals surface area (Å²) in [5, 5.41) is 6.10. The van der Waals surface area contributed by atoms with Crippen molar-refractivity contribution in [1.82, 2.24) is 15.4 Å². The van der Waals surface area contributed by atoms with E-state index < -0.39 is 17.8 Å². The summed E-state index contributed by atoms with van der Waals surface area (Å²) >= 11 is 0. The van der Waals surface area contributed by atoms with Crippen molar-refractivity contribution in [2.45, 2.75) is 13.1 Å². The topological polar surface area (TPSA) is 111 Å². The Morgan fingerprint density at radius 2 is 2.25 bits per heavy atom. The number of nitrogens with two attached hydrogens (primary N) is 1. The SMILES string of the molecule is NC(=O)c1cc(CNC(=O)N2CCOc3cccc(F)c3C2)on1. The molecule has 9 heteroatoms. The number of carbonyl (C=O) groups excluding carboxylic acids is 2. The monoisotopic (exact) mass is 334 g/mol. The number of rotatable bonds is 3. The maximum absolute atomic E-state index is 13.9. The number of aromatic nitrogens is 1. The second-order valence-electron chi connectivity index (χ2n) is 5.19. The lowest BCUT2D eigenvalue weighted by Gasteiger charge is -2.20. The van der Waals surface area contributed by atoms with Crippen molar-refractivity contribution in [2.24, 2.45) is 5.73 Å². The maximum Gasteiger partial charge on any atom is 0.318 e. The van der Waals surface area contributed by atoms with Crippen molar-refractivity contribution in [2.75, 3.05) is 13.2 Å². The van der Waals surface area contributed by atoms with E-state index in [4.69, 9.17) is 15.0 Å². The Hall–Kier alpha value is -3.10. The molecule has 0 aliphatic carbocycles. The lowest BCUT2D eigenvalue weighted by Crippen LogP contribution is -2.40. The Morgan fingerprint density at radius 3 is 3.00 bits per heavy atom. The van der Waals surface area contributed by atoms with E-state index in [1.54, 1.807) is 12.1 Å². The third-order valence-electron chi connectivity index (χ3n) is 3.56. The van der Waals surface area contributed by atoms with Crippen LogP contribution in [0.5, 0.6) is 5.75 Å². The van der Waals surface area contributed by atoms with Crippen LogP contribution >= 0.6 is 0 Å². The van der Waals surface area contributed by atoms with Crippen LogP contribution in [0, 0.1) is 5.82 Å². The van der Waals surface area contributed by atoms with E-state index in [2.05, 4.69) is 10.5 Å². The average Bonchev–Trinajstić information content (AvgIpc) is 2.92. The summed E-state index contributed by atoms with van der Waals surface area (Å²) in [4.78, 5) is 24.6. The first kappa shape index (κ1) is 15.8. The molecule has 8 nitrogen and oxygen atoms in total. The van der Waals surface area contributed by atoms with Crippen LogP contribution in [0.4, 0.5) is 9.18 Å². The summed E-state index contributed by atoms with van der Waals surface area (Å²) in [5.41, 5.74) is 5.39.